The Morgan fingerprint density at radius 3 is 3.12 bits per heavy atom. The predicted molar refractivity (Wildman–Crippen MR) is 59.6 cm³/mol. The Morgan fingerprint density at radius 1 is 1.62 bits per heavy atom. The summed E-state index contributed by atoms with van der Waals surface area (Å²) in [6.45, 7) is 1.44. The molecule has 16 heavy (non-hydrogen) atoms. The highest BCUT2D eigenvalue weighted by Gasteiger charge is 2.16. The summed E-state index contributed by atoms with van der Waals surface area (Å²) in [5.41, 5.74) is 0.383. The molecular weight excluding hydrogens is 230 g/mol. The molecule has 0 radical (unpaired) electrons. The molecule has 0 saturated carbocycles. The quantitative estimate of drug-likeness (QED) is 0.882. The first-order valence-electron chi connectivity index (χ1n) is 5.40. The Labute approximate surface area is 98.9 Å². The predicted octanol–water partition coefficient (Wildman–Crippen LogP) is 2.23. The number of hydrogen-bond acceptors (Lipinski definition) is 3. The maximum atomic E-state index is 11.6. The van der Waals surface area contributed by atoms with Crippen LogP contribution in [0.15, 0.2) is 16.7 Å². The van der Waals surface area contributed by atoms with Crippen molar-refractivity contribution in [2.45, 2.75) is 25.4 Å². The molecule has 0 bridgehead atoms. The normalized spacial score (nSPS) is 19.9. The largest absolute Gasteiger partial charge is 0.452 e. The molecule has 0 aromatic carbocycles. The van der Waals surface area contributed by atoms with Crippen molar-refractivity contribution < 1.29 is 13.9 Å². The van der Waals surface area contributed by atoms with Gasteiger partial charge in [0.2, 0.25) is 5.22 Å². The van der Waals surface area contributed by atoms with E-state index in [4.69, 9.17) is 20.8 Å². The van der Waals surface area contributed by atoms with Crippen molar-refractivity contribution in [1.82, 2.24) is 5.32 Å². The van der Waals surface area contributed by atoms with Gasteiger partial charge in [0.05, 0.1) is 17.9 Å². The highest BCUT2D eigenvalue weighted by molar-refractivity contribution is 6.32. The Balaban J connectivity index is 1.73. The van der Waals surface area contributed by atoms with Crippen LogP contribution in [-0.2, 0) is 4.74 Å². The van der Waals surface area contributed by atoms with Crippen LogP contribution in [-0.4, -0.2) is 25.2 Å². The van der Waals surface area contributed by atoms with Gasteiger partial charge in [0.25, 0.3) is 5.91 Å². The molecule has 1 aliphatic rings. The molecule has 1 aromatic rings. The first-order chi connectivity index (χ1) is 7.77. The Bertz CT molecular complexity index is 358. The summed E-state index contributed by atoms with van der Waals surface area (Å²) in [6, 6.07) is 1.56. The van der Waals surface area contributed by atoms with Crippen molar-refractivity contribution in [2.75, 3.05) is 13.2 Å². The summed E-state index contributed by atoms with van der Waals surface area (Å²) < 4.78 is 10.3. The lowest BCUT2D eigenvalue weighted by molar-refractivity contribution is 0.0907. The van der Waals surface area contributed by atoms with Gasteiger partial charge >= 0.3 is 0 Å². The van der Waals surface area contributed by atoms with E-state index in [1.54, 1.807) is 6.07 Å². The lowest BCUT2D eigenvalue weighted by atomic mass is 10.2. The molecule has 1 fully saturated rings. The Hall–Kier alpha value is -1.00. The van der Waals surface area contributed by atoms with E-state index in [-0.39, 0.29) is 11.1 Å². The molecule has 5 heteroatoms. The van der Waals surface area contributed by atoms with Crippen LogP contribution in [0.25, 0.3) is 0 Å². The first kappa shape index (κ1) is 11.5. The maximum absolute atomic E-state index is 11.6. The fraction of sp³-hybridized carbons (Fsp3) is 0.545. The van der Waals surface area contributed by atoms with E-state index in [1.807, 2.05) is 0 Å². The molecule has 1 unspecified atom stereocenters. The Morgan fingerprint density at radius 2 is 2.50 bits per heavy atom. The van der Waals surface area contributed by atoms with Crippen molar-refractivity contribution in [2.24, 2.45) is 0 Å². The topological polar surface area (TPSA) is 51.5 Å². The summed E-state index contributed by atoms with van der Waals surface area (Å²) in [6.07, 6.45) is 4.74. The highest BCUT2D eigenvalue weighted by atomic mass is 35.5. The van der Waals surface area contributed by atoms with E-state index in [2.05, 4.69) is 5.32 Å². The van der Waals surface area contributed by atoms with E-state index in [0.717, 1.165) is 25.9 Å². The van der Waals surface area contributed by atoms with E-state index in [0.29, 0.717) is 18.2 Å². The molecular formula is C11H14ClNO3. The number of rotatable bonds is 4. The van der Waals surface area contributed by atoms with Gasteiger partial charge in [0.15, 0.2) is 0 Å². The maximum Gasteiger partial charge on any atom is 0.256 e. The summed E-state index contributed by atoms with van der Waals surface area (Å²) in [5, 5.41) is 2.92. The number of carbonyl (C=O) groups excluding carboxylic acids is 1. The van der Waals surface area contributed by atoms with Crippen molar-refractivity contribution >= 4 is 17.5 Å². The van der Waals surface area contributed by atoms with Gasteiger partial charge in [-0.1, -0.05) is 0 Å². The van der Waals surface area contributed by atoms with Gasteiger partial charge in [-0.25, -0.2) is 0 Å². The number of amides is 1. The number of hydrogen-bond donors (Lipinski definition) is 1. The third-order valence-electron chi connectivity index (χ3n) is 2.64. The van der Waals surface area contributed by atoms with Crippen LogP contribution in [0.3, 0.4) is 0 Å². The van der Waals surface area contributed by atoms with E-state index >= 15 is 0 Å². The highest BCUT2D eigenvalue weighted by Crippen LogP contribution is 2.17. The number of ether oxygens (including phenoxy) is 1. The molecule has 1 atom stereocenters. The van der Waals surface area contributed by atoms with Crippen LogP contribution in [0.1, 0.15) is 29.6 Å². The van der Waals surface area contributed by atoms with Gasteiger partial charge in [-0.05, 0) is 36.9 Å². The molecule has 1 aliphatic heterocycles. The van der Waals surface area contributed by atoms with Crippen LogP contribution < -0.4 is 5.32 Å². The Kier molecular flexibility index (Phi) is 3.85. The fourth-order valence-corrected chi connectivity index (χ4v) is 1.97. The monoisotopic (exact) mass is 243 g/mol. The molecule has 0 spiro atoms. The van der Waals surface area contributed by atoms with Gasteiger partial charge in [0.1, 0.15) is 0 Å². The minimum absolute atomic E-state index is 0.134. The number of nitrogens with one attached hydrogen (secondary N) is 1. The van der Waals surface area contributed by atoms with Crippen LogP contribution in [0.4, 0.5) is 0 Å². The lowest BCUT2D eigenvalue weighted by Crippen LogP contribution is -2.26. The smallest absolute Gasteiger partial charge is 0.256 e. The van der Waals surface area contributed by atoms with Crippen molar-refractivity contribution in [1.29, 1.82) is 0 Å². The van der Waals surface area contributed by atoms with E-state index < -0.39 is 0 Å². The molecule has 1 N–H and O–H groups in total. The molecule has 0 aliphatic carbocycles. The average Bonchev–Trinajstić information content (AvgIpc) is 2.88. The van der Waals surface area contributed by atoms with Gasteiger partial charge in [-0.3, -0.25) is 4.79 Å². The zero-order valence-electron chi connectivity index (χ0n) is 8.87. The second kappa shape index (κ2) is 5.37. The van der Waals surface area contributed by atoms with Gasteiger partial charge in [-0.15, -0.1) is 0 Å². The molecule has 2 heterocycles. The second-order valence-corrected chi connectivity index (χ2v) is 4.13. The third kappa shape index (κ3) is 2.77. The van der Waals surface area contributed by atoms with Crippen LogP contribution in [0, 0.1) is 0 Å². The summed E-state index contributed by atoms with van der Waals surface area (Å²) in [5.74, 6) is -0.197. The first-order valence-corrected chi connectivity index (χ1v) is 5.78. The molecule has 88 valence electrons. The van der Waals surface area contributed by atoms with Crippen molar-refractivity contribution in [3.8, 4) is 0 Å². The van der Waals surface area contributed by atoms with Gasteiger partial charge in [0, 0.05) is 13.2 Å². The number of halogens is 1. The molecule has 1 amide bonds. The second-order valence-electron chi connectivity index (χ2n) is 3.79. The molecule has 1 saturated heterocycles. The summed E-state index contributed by atoms with van der Waals surface area (Å²) in [7, 11) is 0. The van der Waals surface area contributed by atoms with E-state index in [9.17, 15) is 4.79 Å². The van der Waals surface area contributed by atoms with Crippen LogP contribution in [0.5, 0.6) is 0 Å². The molecule has 1 aromatic heterocycles. The molecule has 2 rings (SSSR count). The standard InChI is InChI=1S/C11H14ClNO3/c12-10-9(4-7-16-10)11(14)13-5-3-8-2-1-6-15-8/h4,7-8H,1-3,5-6H2,(H,13,14). The van der Waals surface area contributed by atoms with Gasteiger partial charge in [-0.2, -0.15) is 0 Å². The SMILES string of the molecule is O=C(NCCC1CCCO1)c1ccoc1Cl. The average molecular weight is 244 g/mol. The lowest BCUT2D eigenvalue weighted by Gasteiger charge is -2.09. The van der Waals surface area contributed by atoms with E-state index in [1.165, 1.54) is 6.26 Å². The zero-order valence-corrected chi connectivity index (χ0v) is 9.63. The summed E-state index contributed by atoms with van der Waals surface area (Å²) in [4.78, 5) is 11.6. The van der Waals surface area contributed by atoms with Crippen LogP contribution >= 0.6 is 11.6 Å². The van der Waals surface area contributed by atoms with Crippen molar-refractivity contribution in [3.05, 3.63) is 23.1 Å². The minimum atomic E-state index is -0.197. The number of carbonyl (C=O) groups is 1. The summed E-state index contributed by atoms with van der Waals surface area (Å²) >= 11 is 5.69. The van der Waals surface area contributed by atoms with Crippen molar-refractivity contribution in [3.63, 3.8) is 0 Å². The fourth-order valence-electron chi connectivity index (χ4n) is 1.77. The third-order valence-corrected chi connectivity index (χ3v) is 2.93. The molecule has 4 nitrogen and oxygen atoms in total. The van der Waals surface area contributed by atoms with Gasteiger partial charge < -0.3 is 14.5 Å². The zero-order chi connectivity index (χ0) is 11.4. The van der Waals surface area contributed by atoms with Crippen LogP contribution in [0.2, 0.25) is 5.22 Å². The number of furan rings is 1. The minimum Gasteiger partial charge on any atom is -0.452 e.